The highest BCUT2D eigenvalue weighted by Gasteiger charge is 2.08. The van der Waals surface area contributed by atoms with Gasteiger partial charge in [-0.05, 0) is 41.8 Å². The summed E-state index contributed by atoms with van der Waals surface area (Å²) >= 11 is 0. The zero-order chi connectivity index (χ0) is 17.4. The molecule has 0 bridgehead atoms. The molecular formula is C20H24F2O2. The molecule has 0 aliphatic rings. The summed E-state index contributed by atoms with van der Waals surface area (Å²) in [7, 11) is 0. The molecule has 0 atom stereocenters. The lowest BCUT2D eigenvalue weighted by Gasteiger charge is -2.09. The van der Waals surface area contributed by atoms with Crippen LogP contribution in [0.3, 0.4) is 0 Å². The van der Waals surface area contributed by atoms with Crippen molar-refractivity contribution < 1.29 is 18.6 Å². The molecule has 0 radical (unpaired) electrons. The lowest BCUT2D eigenvalue weighted by molar-refractivity contribution is 0.290. The van der Waals surface area contributed by atoms with Gasteiger partial charge >= 0.3 is 0 Å². The van der Waals surface area contributed by atoms with Gasteiger partial charge in [-0.1, -0.05) is 51.2 Å². The van der Waals surface area contributed by atoms with Crippen molar-refractivity contribution in [2.75, 3.05) is 6.61 Å². The molecule has 0 aliphatic carbocycles. The van der Waals surface area contributed by atoms with Gasteiger partial charge in [-0.25, -0.2) is 8.78 Å². The third-order valence-electron chi connectivity index (χ3n) is 3.97. The number of phenolic OH excluding ortho intramolecular Hbond substituents is 1. The van der Waals surface area contributed by atoms with Gasteiger partial charge in [0.1, 0.15) is 0 Å². The van der Waals surface area contributed by atoms with E-state index in [0.717, 1.165) is 12.8 Å². The Hall–Kier alpha value is -2.10. The molecule has 2 rings (SSSR count). The molecule has 0 saturated carbocycles. The molecule has 2 nitrogen and oxygen atoms in total. The molecule has 0 aliphatic heterocycles. The zero-order valence-electron chi connectivity index (χ0n) is 14.0. The van der Waals surface area contributed by atoms with E-state index in [0.29, 0.717) is 17.7 Å². The lowest BCUT2D eigenvalue weighted by atomic mass is 10.0. The van der Waals surface area contributed by atoms with Crippen LogP contribution in [-0.2, 0) is 0 Å². The first-order valence-electron chi connectivity index (χ1n) is 8.53. The fraction of sp³-hybridized carbons (Fsp3) is 0.400. The fourth-order valence-corrected chi connectivity index (χ4v) is 2.55. The second-order valence-electron chi connectivity index (χ2n) is 5.93. The minimum Gasteiger partial charge on any atom is -0.505 e. The third-order valence-corrected chi connectivity index (χ3v) is 3.97. The van der Waals surface area contributed by atoms with Gasteiger partial charge in [0.15, 0.2) is 23.1 Å². The van der Waals surface area contributed by atoms with E-state index >= 15 is 0 Å². The van der Waals surface area contributed by atoms with Gasteiger partial charge in [-0.15, -0.1) is 0 Å². The first kappa shape index (κ1) is 18.2. The maximum atomic E-state index is 14.1. The van der Waals surface area contributed by atoms with Crippen LogP contribution >= 0.6 is 0 Å². The summed E-state index contributed by atoms with van der Waals surface area (Å²) < 4.78 is 33.0. The van der Waals surface area contributed by atoms with E-state index in [4.69, 9.17) is 4.74 Å². The Labute approximate surface area is 142 Å². The average molecular weight is 334 g/mol. The summed E-state index contributed by atoms with van der Waals surface area (Å²) in [6, 6.07) is 8.55. The van der Waals surface area contributed by atoms with Crippen molar-refractivity contribution in [3.63, 3.8) is 0 Å². The summed E-state index contributed by atoms with van der Waals surface area (Å²) in [4.78, 5) is 0. The van der Waals surface area contributed by atoms with Crippen LogP contribution in [0.4, 0.5) is 8.78 Å². The predicted molar refractivity (Wildman–Crippen MR) is 92.3 cm³/mol. The van der Waals surface area contributed by atoms with Crippen LogP contribution in [0, 0.1) is 11.6 Å². The molecule has 0 amide bonds. The molecule has 2 aromatic carbocycles. The molecule has 1 N–H and O–H groups in total. The number of hydrogen-bond donors (Lipinski definition) is 1. The van der Waals surface area contributed by atoms with Gasteiger partial charge < -0.3 is 9.84 Å². The quantitative estimate of drug-likeness (QED) is 0.563. The van der Waals surface area contributed by atoms with Crippen molar-refractivity contribution in [2.24, 2.45) is 0 Å². The Kier molecular flexibility index (Phi) is 7.04. The number of benzene rings is 2. The zero-order valence-corrected chi connectivity index (χ0v) is 14.0. The molecular weight excluding hydrogens is 310 g/mol. The number of unbranched alkanes of at least 4 members (excludes halogenated alkanes) is 5. The average Bonchev–Trinajstić information content (AvgIpc) is 2.57. The maximum Gasteiger partial charge on any atom is 0.165 e. The number of aromatic hydroxyl groups is 1. The van der Waals surface area contributed by atoms with E-state index in [-0.39, 0.29) is 5.75 Å². The minimum absolute atomic E-state index is 0.214. The minimum atomic E-state index is -0.726. The molecule has 130 valence electrons. The van der Waals surface area contributed by atoms with Gasteiger partial charge in [-0.3, -0.25) is 0 Å². The van der Waals surface area contributed by atoms with Crippen molar-refractivity contribution in [1.29, 1.82) is 0 Å². The lowest BCUT2D eigenvalue weighted by Crippen LogP contribution is -1.99. The topological polar surface area (TPSA) is 29.5 Å². The summed E-state index contributed by atoms with van der Waals surface area (Å²) in [6.07, 6.45) is 6.90. The number of hydrogen-bond acceptors (Lipinski definition) is 2. The third kappa shape index (κ3) is 5.22. The predicted octanol–water partition coefficient (Wildman–Crippen LogP) is 6.08. The molecule has 24 heavy (non-hydrogen) atoms. The van der Waals surface area contributed by atoms with Crippen LogP contribution in [-0.4, -0.2) is 11.7 Å². The molecule has 4 heteroatoms. The van der Waals surface area contributed by atoms with Gasteiger partial charge in [0.2, 0.25) is 0 Å². The van der Waals surface area contributed by atoms with Crippen LogP contribution in [0.15, 0.2) is 36.4 Å². The van der Waals surface area contributed by atoms with Crippen molar-refractivity contribution in [2.45, 2.75) is 45.4 Å². The molecule has 2 aromatic rings. The largest absolute Gasteiger partial charge is 0.505 e. The molecule has 0 unspecified atom stereocenters. The monoisotopic (exact) mass is 334 g/mol. The van der Waals surface area contributed by atoms with Crippen molar-refractivity contribution in [3.05, 3.63) is 48.0 Å². The second kappa shape index (κ2) is 9.26. The fourth-order valence-electron chi connectivity index (χ4n) is 2.55. The second-order valence-corrected chi connectivity index (χ2v) is 5.93. The van der Waals surface area contributed by atoms with Gasteiger partial charge in [0.25, 0.3) is 0 Å². The Morgan fingerprint density at radius 1 is 0.833 bits per heavy atom. The Morgan fingerprint density at radius 2 is 1.46 bits per heavy atom. The highest BCUT2D eigenvalue weighted by molar-refractivity contribution is 5.65. The van der Waals surface area contributed by atoms with Crippen LogP contribution in [0.1, 0.15) is 45.4 Å². The van der Waals surface area contributed by atoms with Gasteiger partial charge in [0, 0.05) is 0 Å². The first-order valence-corrected chi connectivity index (χ1v) is 8.53. The summed E-state index contributed by atoms with van der Waals surface area (Å²) in [5, 5.41) is 9.21. The van der Waals surface area contributed by atoms with E-state index in [2.05, 4.69) is 6.92 Å². The highest BCUT2D eigenvalue weighted by atomic mass is 19.1. The number of halogens is 2. The molecule has 0 aromatic heterocycles. The van der Waals surface area contributed by atoms with Crippen molar-refractivity contribution >= 4 is 0 Å². The summed E-state index contributed by atoms with van der Waals surface area (Å²) in [5.74, 6) is -1.40. The SMILES string of the molecule is CCCCCCCCOc1ccc(-c2ccc(O)c(F)c2)cc1F. The summed E-state index contributed by atoms with van der Waals surface area (Å²) in [6.45, 7) is 2.68. The Bertz CT molecular complexity index is 656. The van der Waals surface area contributed by atoms with Crippen LogP contribution in [0.2, 0.25) is 0 Å². The molecule has 0 heterocycles. The standard InChI is InChI=1S/C20H24F2O2/c1-2-3-4-5-6-7-12-24-20-11-9-16(14-18(20)22)15-8-10-19(23)17(21)13-15/h8-11,13-14,23H,2-7,12H2,1H3. The Morgan fingerprint density at radius 3 is 2.12 bits per heavy atom. The number of phenols is 1. The van der Waals surface area contributed by atoms with Crippen molar-refractivity contribution in [3.8, 4) is 22.6 Å². The number of rotatable bonds is 9. The van der Waals surface area contributed by atoms with E-state index in [1.165, 1.54) is 43.9 Å². The van der Waals surface area contributed by atoms with E-state index < -0.39 is 17.4 Å². The maximum absolute atomic E-state index is 14.1. The molecule has 0 fully saturated rings. The van der Waals surface area contributed by atoms with E-state index in [1.54, 1.807) is 18.2 Å². The normalized spacial score (nSPS) is 10.8. The van der Waals surface area contributed by atoms with Gasteiger partial charge in [-0.2, -0.15) is 0 Å². The number of ether oxygens (including phenoxy) is 1. The first-order chi connectivity index (χ1) is 11.6. The van der Waals surface area contributed by atoms with Crippen molar-refractivity contribution in [1.82, 2.24) is 0 Å². The highest BCUT2D eigenvalue weighted by Crippen LogP contribution is 2.28. The van der Waals surface area contributed by atoms with Crippen LogP contribution < -0.4 is 4.74 Å². The smallest absolute Gasteiger partial charge is 0.165 e. The van der Waals surface area contributed by atoms with E-state index in [9.17, 15) is 13.9 Å². The summed E-state index contributed by atoms with van der Waals surface area (Å²) in [5.41, 5.74) is 1.05. The molecule has 0 spiro atoms. The molecule has 0 saturated heterocycles. The van der Waals surface area contributed by atoms with Crippen LogP contribution in [0.5, 0.6) is 11.5 Å². The van der Waals surface area contributed by atoms with Crippen LogP contribution in [0.25, 0.3) is 11.1 Å². The Balaban J connectivity index is 1.89. The van der Waals surface area contributed by atoms with E-state index in [1.807, 2.05) is 0 Å². The van der Waals surface area contributed by atoms with Gasteiger partial charge in [0.05, 0.1) is 6.61 Å².